The lowest BCUT2D eigenvalue weighted by atomic mass is 10.0. The maximum atomic E-state index is 11.3. The van der Waals surface area contributed by atoms with Crippen LogP contribution in [0.1, 0.15) is 5.56 Å². The zero-order chi connectivity index (χ0) is 14.7. The van der Waals surface area contributed by atoms with Crippen molar-refractivity contribution in [1.29, 1.82) is 0 Å². The summed E-state index contributed by atoms with van der Waals surface area (Å²) in [5.74, 6) is 1.63. The Hall–Kier alpha value is -1.95. The van der Waals surface area contributed by atoms with Gasteiger partial charge in [-0.05, 0) is 18.1 Å². The van der Waals surface area contributed by atoms with Crippen molar-refractivity contribution in [2.75, 3.05) is 40.0 Å². The SMILES string of the molecule is COc1cccc2c1OC[C@@H](NCCN1CCOC1=O)C2. The van der Waals surface area contributed by atoms with Crippen molar-refractivity contribution in [1.82, 2.24) is 10.2 Å². The number of nitrogens with one attached hydrogen (secondary N) is 1. The number of amides is 1. The smallest absolute Gasteiger partial charge is 0.409 e. The van der Waals surface area contributed by atoms with E-state index in [0.717, 1.165) is 30.0 Å². The molecular formula is C15H20N2O4. The van der Waals surface area contributed by atoms with Crippen LogP contribution < -0.4 is 14.8 Å². The van der Waals surface area contributed by atoms with Crippen molar-refractivity contribution >= 4 is 6.09 Å². The molecule has 0 aliphatic carbocycles. The molecule has 21 heavy (non-hydrogen) atoms. The van der Waals surface area contributed by atoms with E-state index in [9.17, 15) is 4.79 Å². The standard InChI is InChI=1S/C15H20N2O4/c1-19-13-4-2-3-11-9-12(10-21-14(11)13)16-5-6-17-7-8-20-15(17)18/h2-4,12,16H,5-10H2,1H3/t12-/m0/s1. The summed E-state index contributed by atoms with van der Waals surface area (Å²) in [6.45, 7) is 3.20. The molecule has 0 aromatic heterocycles. The summed E-state index contributed by atoms with van der Waals surface area (Å²) in [6.07, 6.45) is 0.684. The summed E-state index contributed by atoms with van der Waals surface area (Å²) >= 11 is 0. The maximum Gasteiger partial charge on any atom is 0.409 e. The Balaban J connectivity index is 1.51. The van der Waals surface area contributed by atoms with Gasteiger partial charge in [0.2, 0.25) is 0 Å². The van der Waals surface area contributed by atoms with Crippen LogP contribution in [0.5, 0.6) is 11.5 Å². The Morgan fingerprint density at radius 3 is 3.10 bits per heavy atom. The van der Waals surface area contributed by atoms with Gasteiger partial charge in [-0.2, -0.15) is 0 Å². The first-order chi connectivity index (χ1) is 10.3. The predicted octanol–water partition coefficient (Wildman–Crippen LogP) is 1.04. The van der Waals surface area contributed by atoms with E-state index in [1.807, 2.05) is 12.1 Å². The molecule has 1 aromatic rings. The summed E-state index contributed by atoms with van der Waals surface area (Å²) in [6, 6.07) is 6.20. The van der Waals surface area contributed by atoms with Gasteiger partial charge in [-0.1, -0.05) is 12.1 Å². The largest absolute Gasteiger partial charge is 0.493 e. The number of fused-ring (bicyclic) bond motifs is 1. The Labute approximate surface area is 124 Å². The molecule has 1 saturated heterocycles. The van der Waals surface area contributed by atoms with E-state index in [4.69, 9.17) is 14.2 Å². The van der Waals surface area contributed by atoms with Gasteiger partial charge >= 0.3 is 6.09 Å². The molecule has 0 bridgehead atoms. The molecule has 0 saturated carbocycles. The minimum absolute atomic E-state index is 0.216. The van der Waals surface area contributed by atoms with E-state index in [1.165, 1.54) is 0 Å². The molecule has 0 unspecified atom stereocenters. The first-order valence-corrected chi connectivity index (χ1v) is 7.21. The molecule has 1 N–H and O–H groups in total. The summed E-state index contributed by atoms with van der Waals surface area (Å²) in [7, 11) is 1.65. The molecule has 1 fully saturated rings. The van der Waals surface area contributed by atoms with Crippen LogP contribution in [-0.2, 0) is 11.2 Å². The number of nitrogens with zero attached hydrogens (tertiary/aromatic N) is 1. The number of rotatable bonds is 5. The number of carbonyl (C=O) groups excluding carboxylic acids is 1. The second-order valence-corrected chi connectivity index (χ2v) is 5.22. The lowest BCUT2D eigenvalue weighted by molar-refractivity contribution is 0.157. The topological polar surface area (TPSA) is 60.0 Å². The minimum atomic E-state index is -0.216. The number of hydrogen-bond donors (Lipinski definition) is 1. The van der Waals surface area contributed by atoms with Crippen LogP contribution in [0, 0.1) is 0 Å². The summed E-state index contributed by atoms with van der Waals surface area (Å²) < 4.78 is 16.0. The molecule has 114 valence electrons. The van der Waals surface area contributed by atoms with Gasteiger partial charge in [0, 0.05) is 19.1 Å². The highest BCUT2D eigenvalue weighted by Gasteiger charge is 2.24. The third-order valence-corrected chi connectivity index (χ3v) is 3.84. The van der Waals surface area contributed by atoms with Crippen LogP contribution in [0.3, 0.4) is 0 Å². The van der Waals surface area contributed by atoms with Gasteiger partial charge in [-0.3, -0.25) is 0 Å². The molecule has 1 amide bonds. The summed E-state index contributed by atoms with van der Waals surface area (Å²) in [5, 5.41) is 3.43. The fourth-order valence-corrected chi connectivity index (χ4v) is 2.72. The van der Waals surface area contributed by atoms with Crippen LogP contribution in [-0.4, -0.2) is 57.0 Å². The molecule has 0 spiro atoms. The highest BCUT2D eigenvalue weighted by molar-refractivity contribution is 5.69. The van der Waals surface area contributed by atoms with Crippen LogP contribution in [0.15, 0.2) is 18.2 Å². The average Bonchev–Trinajstić information content (AvgIpc) is 2.92. The zero-order valence-corrected chi connectivity index (χ0v) is 12.1. The summed E-state index contributed by atoms with van der Waals surface area (Å²) in [5.41, 5.74) is 1.15. The summed E-state index contributed by atoms with van der Waals surface area (Å²) in [4.78, 5) is 13.0. The monoisotopic (exact) mass is 292 g/mol. The van der Waals surface area contributed by atoms with Gasteiger partial charge < -0.3 is 24.4 Å². The molecule has 3 rings (SSSR count). The van der Waals surface area contributed by atoms with Crippen LogP contribution in [0.25, 0.3) is 0 Å². The average molecular weight is 292 g/mol. The van der Waals surface area contributed by atoms with Gasteiger partial charge in [-0.15, -0.1) is 0 Å². The fraction of sp³-hybridized carbons (Fsp3) is 0.533. The van der Waals surface area contributed by atoms with Gasteiger partial charge in [0.15, 0.2) is 11.5 Å². The number of benzene rings is 1. The lowest BCUT2D eigenvalue weighted by Crippen LogP contribution is -2.43. The first-order valence-electron chi connectivity index (χ1n) is 7.21. The predicted molar refractivity (Wildman–Crippen MR) is 76.9 cm³/mol. The Morgan fingerprint density at radius 1 is 1.43 bits per heavy atom. The molecule has 1 atom stereocenters. The van der Waals surface area contributed by atoms with Crippen molar-refractivity contribution in [3.63, 3.8) is 0 Å². The molecule has 2 aliphatic heterocycles. The molecule has 1 aromatic carbocycles. The number of methoxy groups -OCH3 is 1. The van der Waals surface area contributed by atoms with Crippen molar-refractivity contribution in [2.45, 2.75) is 12.5 Å². The van der Waals surface area contributed by atoms with Crippen LogP contribution >= 0.6 is 0 Å². The second kappa shape index (κ2) is 6.22. The Morgan fingerprint density at radius 2 is 2.33 bits per heavy atom. The van der Waals surface area contributed by atoms with Gasteiger partial charge in [0.05, 0.1) is 13.7 Å². The van der Waals surface area contributed by atoms with E-state index < -0.39 is 0 Å². The number of carbonyl (C=O) groups is 1. The molecular weight excluding hydrogens is 272 g/mol. The quantitative estimate of drug-likeness (QED) is 0.878. The van der Waals surface area contributed by atoms with Crippen LogP contribution in [0.4, 0.5) is 4.79 Å². The van der Waals surface area contributed by atoms with Gasteiger partial charge in [0.25, 0.3) is 0 Å². The van der Waals surface area contributed by atoms with E-state index in [-0.39, 0.29) is 12.1 Å². The Kier molecular flexibility index (Phi) is 4.15. The lowest BCUT2D eigenvalue weighted by Gasteiger charge is -2.27. The highest BCUT2D eigenvalue weighted by atomic mass is 16.6. The fourth-order valence-electron chi connectivity index (χ4n) is 2.72. The van der Waals surface area contributed by atoms with E-state index in [0.29, 0.717) is 26.3 Å². The number of cyclic esters (lactones) is 1. The van der Waals surface area contributed by atoms with E-state index in [1.54, 1.807) is 12.0 Å². The molecule has 2 aliphatic rings. The molecule has 2 heterocycles. The van der Waals surface area contributed by atoms with Crippen molar-refractivity contribution in [2.24, 2.45) is 0 Å². The normalized spacial score (nSPS) is 20.7. The highest BCUT2D eigenvalue weighted by Crippen LogP contribution is 2.34. The molecule has 6 heteroatoms. The molecule has 0 radical (unpaired) electrons. The third-order valence-electron chi connectivity index (χ3n) is 3.84. The number of hydrogen-bond acceptors (Lipinski definition) is 5. The first kappa shape index (κ1) is 14.0. The minimum Gasteiger partial charge on any atom is -0.493 e. The van der Waals surface area contributed by atoms with Crippen molar-refractivity contribution in [3.05, 3.63) is 23.8 Å². The number of para-hydroxylation sites is 1. The van der Waals surface area contributed by atoms with E-state index >= 15 is 0 Å². The van der Waals surface area contributed by atoms with Crippen molar-refractivity contribution < 1.29 is 19.0 Å². The second-order valence-electron chi connectivity index (χ2n) is 5.22. The van der Waals surface area contributed by atoms with Gasteiger partial charge in [-0.25, -0.2) is 4.79 Å². The maximum absolute atomic E-state index is 11.3. The van der Waals surface area contributed by atoms with Gasteiger partial charge in [0.1, 0.15) is 13.2 Å². The zero-order valence-electron chi connectivity index (χ0n) is 12.1. The van der Waals surface area contributed by atoms with E-state index in [2.05, 4.69) is 11.4 Å². The van der Waals surface area contributed by atoms with Crippen molar-refractivity contribution in [3.8, 4) is 11.5 Å². The number of ether oxygens (including phenoxy) is 3. The third kappa shape index (κ3) is 3.05. The molecule has 6 nitrogen and oxygen atoms in total. The Bertz CT molecular complexity index is 520. The van der Waals surface area contributed by atoms with Crippen LogP contribution in [0.2, 0.25) is 0 Å².